The molecule has 0 bridgehead atoms. The van der Waals surface area contributed by atoms with Gasteiger partial charge in [-0.1, -0.05) is 6.42 Å². The SMILES string of the molecule is CC(=O)c1ccc(N2C(=O)C3CCCC3C2=O)cc1. The average Bonchev–Trinajstić information content (AvgIpc) is 2.95. The fourth-order valence-electron chi connectivity index (χ4n) is 3.09. The van der Waals surface area contributed by atoms with E-state index in [1.165, 1.54) is 11.8 Å². The summed E-state index contributed by atoms with van der Waals surface area (Å²) in [6, 6.07) is 6.67. The normalized spacial score (nSPS) is 25.8. The number of hydrogen-bond donors (Lipinski definition) is 0. The molecule has 1 aliphatic carbocycles. The van der Waals surface area contributed by atoms with Gasteiger partial charge in [-0.25, -0.2) is 0 Å². The van der Waals surface area contributed by atoms with Gasteiger partial charge < -0.3 is 0 Å². The predicted octanol–water partition coefficient (Wildman–Crippen LogP) is 2.18. The summed E-state index contributed by atoms with van der Waals surface area (Å²) >= 11 is 0. The van der Waals surface area contributed by atoms with E-state index in [0.717, 1.165) is 19.3 Å². The van der Waals surface area contributed by atoms with Crippen LogP contribution in [0.2, 0.25) is 0 Å². The van der Waals surface area contributed by atoms with Crippen molar-refractivity contribution < 1.29 is 14.4 Å². The van der Waals surface area contributed by atoms with Crippen LogP contribution in [0.25, 0.3) is 0 Å². The molecule has 2 unspecified atom stereocenters. The molecule has 19 heavy (non-hydrogen) atoms. The molecule has 98 valence electrons. The minimum atomic E-state index is -0.125. The van der Waals surface area contributed by atoms with Crippen molar-refractivity contribution in [1.29, 1.82) is 0 Å². The molecular weight excluding hydrogens is 242 g/mol. The maximum Gasteiger partial charge on any atom is 0.237 e. The van der Waals surface area contributed by atoms with Crippen molar-refractivity contribution in [2.75, 3.05) is 4.90 Å². The van der Waals surface area contributed by atoms with Crippen molar-refractivity contribution in [2.45, 2.75) is 26.2 Å². The highest BCUT2D eigenvalue weighted by molar-refractivity contribution is 6.22. The standard InChI is InChI=1S/C15H15NO3/c1-9(17)10-5-7-11(8-6-10)16-14(18)12-3-2-4-13(12)15(16)19/h5-8,12-13H,2-4H2,1H3. The van der Waals surface area contributed by atoms with E-state index in [9.17, 15) is 14.4 Å². The van der Waals surface area contributed by atoms with Gasteiger partial charge in [0.05, 0.1) is 17.5 Å². The first-order valence-corrected chi connectivity index (χ1v) is 6.58. The lowest BCUT2D eigenvalue weighted by atomic mass is 10.00. The molecule has 4 heteroatoms. The monoisotopic (exact) mass is 257 g/mol. The lowest BCUT2D eigenvalue weighted by Gasteiger charge is -2.16. The lowest BCUT2D eigenvalue weighted by molar-refractivity contribution is -0.122. The number of carbonyl (C=O) groups is 3. The number of anilines is 1. The predicted molar refractivity (Wildman–Crippen MR) is 69.8 cm³/mol. The number of carbonyl (C=O) groups excluding carboxylic acids is 3. The van der Waals surface area contributed by atoms with E-state index < -0.39 is 0 Å². The molecule has 1 aliphatic heterocycles. The molecule has 1 saturated heterocycles. The number of amides is 2. The van der Waals surface area contributed by atoms with E-state index >= 15 is 0 Å². The Kier molecular flexibility index (Phi) is 2.73. The van der Waals surface area contributed by atoms with Crippen molar-refractivity contribution in [3.63, 3.8) is 0 Å². The van der Waals surface area contributed by atoms with Crippen LogP contribution in [-0.4, -0.2) is 17.6 Å². The first-order chi connectivity index (χ1) is 9.09. The number of rotatable bonds is 2. The highest BCUT2D eigenvalue weighted by atomic mass is 16.2. The van der Waals surface area contributed by atoms with Gasteiger partial charge in [0.15, 0.2) is 5.78 Å². The Morgan fingerprint density at radius 1 is 1.05 bits per heavy atom. The largest absolute Gasteiger partial charge is 0.295 e. The third-order valence-corrected chi connectivity index (χ3v) is 4.12. The summed E-state index contributed by atoms with van der Waals surface area (Å²) in [5.41, 5.74) is 1.16. The van der Waals surface area contributed by atoms with E-state index in [-0.39, 0.29) is 29.4 Å². The first kappa shape index (κ1) is 12.1. The van der Waals surface area contributed by atoms with Gasteiger partial charge in [-0.3, -0.25) is 19.3 Å². The molecular formula is C15H15NO3. The topological polar surface area (TPSA) is 54.5 Å². The summed E-state index contributed by atoms with van der Waals surface area (Å²) in [6.07, 6.45) is 2.60. The number of imide groups is 1. The van der Waals surface area contributed by atoms with Gasteiger partial charge in [-0.15, -0.1) is 0 Å². The second kappa shape index (κ2) is 4.30. The number of Topliss-reactive ketones (excluding diaryl/α,β-unsaturated/α-hetero) is 1. The van der Waals surface area contributed by atoms with Crippen LogP contribution in [0.5, 0.6) is 0 Å². The molecule has 1 aromatic carbocycles. The quantitative estimate of drug-likeness (QED) is 0.602. The van der Waals surface area contributed by atoms with Crippen LogP contribution in [0.3, 0.4) is 0 Å². The van der Waals surface area contributed by atoms with Crippen LogP contribution in [0.15, 0.2) is 24.3 Å². The second-order valence-electron chi connectivity index (χ2n) is 5.26. The van der Waals surface area contributed by atoms with Crippen molar-refractivity contribution in [2.24, 2.45) is 11.8 Å². The van der Waals surface area contributed by atoms with Gasteiger partial charge >= 0.3 is 0 Å². The summed E-state index contributed by atoms with van der Waals surface area (Å²) in [7, 11) is 0. The Bertz CT molecular complexity index is 539. The third kappa shape index (κ3) is 1.79. The molecule has 1 heterocycles. The second-order valence-corrected chi connectivity index (χ2v) is 5.26. The zero-order valence-corrected chi connectivity index (χ0v) is 10.8. The molecule has 0 N–H and O–H groups in total. The number of hydrogen-bond acceptors (Lipinski definition) is 3. The summed E-state index contributed by atoms with van der Waals surface area (Å²) in [4.78, 5) is 37.0. The minimum Gasteiger partial charge on any atom is -0.295 e. The van der Waals surface area contributed by atoms with E-state index in [1.807, 2.05) is 0 Å². The maximum atomic E-state index is 12.3. The summed E-state index contributed by atoms with van der Waals surface area (Å²) in [5, 5.41) is 0. The summed E-state index contributed by atoms with van der Waals surface area (Å²) in [6.45, 7) is 1.49. The molecule has 2 fully saturated rings. The average molecular weight is 257 g/mol. The number of fused-ring (bicyclic) bond motifs is 1. The molecule has 0 radical (unpaired) electrons. The molecule has 1 saturated carbocycles. The fraction of sp³-hybridized carbons (Fsp3) is 0.400. The molecule has 2 amide bonds. The molecule has 2 atom stereocenters. The van der Waals surface area contributed by atoms with Crippen molar-refractivity contribution >= 4 is 23.3 Å². The van der Waals surface area contributed by atoms with E-state index in [0.29, 0.717) is 11.3 Å². The zero-order chi connectivity index (χ0) is 13.6. The smallest absolute Gasteiger partial charge is 0.237 e. The molecule has 0 spiro atoms. The summed E-state index contributed by atoms with van der Waals surface area (Å²) < 4.78 is 0. The molecule has 4 nitrogen and oxygen atoms in total. The molecule has 2 aliphatic rings. The minimum absolute atomic E-state index is 0.0255. The maximum absolute atomic E-state index is 12.3. The summed E-state index contributed by atoms with van der Waals surface area (Å²) in [5.74, 6) is -0.436. The zero-order valence-electron chi connectivity index (χ0n) is 10.8. The van der Waals surface area contributed by atoms with Crippen molar-refractivity contribution in [3.05, 3.63) is 29.8 Å². The van der Waals surface area contributed by atoms with Crippen LogP contribution in [0.1, 0.15) is 36.5 Å². The number of nitrogens with zero attached hydrogens (tertiary/aromatic N) is 1. The van der Waals surface area contributed by atoms with Gasteiger partial charge in [0.2, 0.25) is 11.8 Å². The first-order valence-electron chi connectivity index (χ1n) is 6.58. The van der Waals surface area contributed by atoms with Crippen LogP contribution in [0.4, 0.5) is 5.69 Å². The van der Waals surface area contributed by atoms with Gasteiger partial charge in [0.25, 0.3) is 0 Å². The molecule has 0 aromatic heterocycles. The third-order valence-electron chi connectivity index (χ3n) is 4.12. The Balaban J connectivity index is 1.92. The van der Waals surface area contributed by atoms with E-state index in [2.05, 4.69) is 0 Å². The highest BCUT2D eigenvalue weighted by Crippen LogP contribution is 2.41. The molecule has 3 rings (SSSR count). The van der Waals surface area contributed by atoms with E-state index in [4.69, 9.17) is 0 Å². The van der Waals surface area contributed by atoms with Crippen molar-refractivity contribution in [3.8, 4) is 0 Å². The van der Waals surface area contributed by atoms with Gasteiger partial charge in [0, 0.05) is 5.56 Å². The Labute approximate surface area is 111 Å². The van der Waals surface area contributed by atoms with Crippen molar-refractivity contribution in [1.82, 2.24) is 0 Å². The Hall–Kier alpha value is -1.97. The van der Waals surface area contributed by atoms with Gasteiger partial charge in [0.1, 0.15) is 0 Å². The Morgan fingerprint density at radius 2 is 1.58 bits per heavy atom. The van der Waals surface area contributed by atoms with Crippen LogP contribution < -0.4 is 4.90 Å². The van der Waals surface area contributed by atoms with E-state index in [1.54, 1.807) is 24.3 Å². The van der Waals surface area contributed by atoms with Gasteiger partial charge in [-0.05, 0) is 44.0 Å². The number of ketones is 1. The number of benzene rings is 1. The highest BCUT2D eigenvalue weighted by Gasteiger charge is 2.50. The lowest BCUT2D eigenvalue weighted by Crippen LogP contribution is -2.31. The van der Waals surface area contributed by atoms with Crippen LogP contribution >= 0.6 is 0 Å². The Morgan fingerprint density at radius 3 is 2.05 bits per heavy atom. The van der Waals surface area contributed by atoms with Crippen LogP contribution in [0, 0.1) is 11.8 Å². The van der Waals surface area contributed by atoms with Crippen LogP contribution in [-0.2, 0) is 9.59 Å². The van der Waals surface area contributed by atoms with Gasteiger partial charge in [-0.2, -0.15) is 0 Å². The molecule has 1 aromatic rings. The fourth-order valence-corrected chi connectivity index (χ4v) is 3.09.